The topological polar surface area (TPSA) is 40.5 Å². The molecule has 0 aliphatic heterocycles. The monoisotopic (exact) mass is 240 g/mol. The van der Waals surface area contributed by atoms with E-state index in [0.717, 1.165) is 15.6 Å². The van der Waals surface area contributed by atoms with Gasteiger partial charge in [-0.05, 0) is 23.8 Å². The Morgan fingerprint density at radius 1 is 1.31 bits per heavy atom. The highest BCUT2D eigenvalue weighted by Crippen LogP contribution is 2.17. The van der Waals surface area contributed by atoms with Crippen molar-refractivity contribution in [2.75, 3.05) is 6.61 Å². The Morgan fingerprint density at radius 2 is 2.08 bits per heavy atom. The van der Waals surface area contributed by atoms with E-state index in [9.17, 15) is 0 Å². The van der Waals surface area contributed by atoms with Crippen molar-refractivity contribution in [2.45, 2.75) is 6.61 Å². The lowest BCUT2D eigenvalue weighted by Gasteiger charge is -2.00. The van der Waals surface area contributed by atoms with Crippen molar-refractivity contribution in [3.63, 3.8) is 0 Å². The van der Waals surface area contributed by atoms with Crippen LogP contribution >= 0.6 is 15.9 Å². The molecule has 2 nitrogen and oxygen atoms in total. The Kier molecular flexibility index (Phi) is 3.97. The van der Waals surface area contributed by atoms with Crippen molar-refractivity contribution < 1.29 is 10.2 Å². The van der Waals surface area contributed by atoms with Gasteiger partial charge in [-0.25, -0.2) is 0 Å². The zero-order valence-electron chi connectivity index (χ0n) is 6.92. The average molecular weight is 241 g/mol. The number of hydrogen-bond donors (Lipinski definition) is 2. The molecule has 0 aliphatic rings. The number of hydrogen-bond acceptors (Lipinski definition) is 2. The lowest BCUT2D eigenvalue weighted by molar-refractivity contribution is 0.281. The van der Waals surface area contributed by atoms with Gasteiger partial charge in [-0.3, -0.25) is 0 Å². The number of benzene rings is 1. The van der Waals surface area contributed by atoms with E-state index in [1.165, 1.54) is 0 Å². The summed E-state index contributed by atoms with van der Waals surface area (Å²) < 4.78 is 0.865. The van der Waals surface area contributed by atoms with Crippen molar-refractivity contribution in [2.24, 2.45) is 0 Å². The zero-order valence-corrected chi connectivity index (χ0v) is 8.50. The Hall–Kier alpha value is -0.820. The molecule has 13 heavy (non-hydrogen) atoms. The van der Waals surface area contributed by atoms with Crippen LogP contribution in [0.4, 0.5) is 0 Å². The number of rotatable bonds is 1. The zero-order chi connectivity index (χ0) is 9.68. The standard InChI is InChI=1S/C10H9BrO2/c11-10-4-3-8(2-1-5-12)6-9(10)7-13/h3-4,6,12-13H,5,7H2. The summed E-state index contributed by atoms with van der Waals surface area (Å²) in [6, 6.07) is 5.44. The largest absolute Gasteiger partial charge is 0.392 e. The Bertz CT molecular complexity index is 350. The third kappa shape index (κ3) is 2.85. The van der Waals surface area contributed by atoms with Crippen molar-refractivity contribution in [1.82, 2.24) is 0 Å². The van der Waals surface area contributed by atoms with Crippen LogP contribution in [0.5, 0.6) is 0 Å². The number of halogens is 1. The van der Waals surface area contributed by atoms with Crippen molar-refractivity contribution in [1.29, 1.82) is 0 Å². The fourth-order valence-electron chi connectivity index (χ4n) is 0.915. The molecule has 0 aromatic heterocycles. The Labute approximate surface area is 85.3 Å². The highest BCUT2D eigenvalue weighted by atomic mass is 79.9. The second-order valence-corrected chi connectivity index (χ2v) is 3.28. The van der Waals surface area contributed by atoms with Crippen molar-refractivity contribution >= 4 is 15.9 Å². The van der Waals surface area contributed by atoms with Gasteiger partial charge in [0.25, 0.3) is 0 Å². The molecule has 0 bridgehead atoms. The molecule has 0 saturated carbocycles. The molecule has 1 rings (SSSR count). The maximum absolute atomic E-state index is 8.94. The first-order valence-electron chi connectivity index (χ1n) is 3.77. The molecule has 0 unspecified atom stereocenters. The first-order chi connectivity index (χ1) is 6.27. The van der Waals surface area contributed by atoms with Gasteiger partial charge in [0.15, 0.2) is 0 Å². The van der Waals surface area contributed by atoms with Crippen LogP contribution in [-0.4, -0.2) is 16.8 Å². The molecule has 0 saturated heterocycles. The third-order valence-corrected chi connectivity index (χ3v) is 2.30. The minimum absolute atomic E-state index is 0.0186. The predicted molar refractivity (Wildman–Crippen MR) is 54.0 cm³/mol. The molecular weight excluding hydrogens is 232 g/mol. The molecular formula is C10H9BrO2. The maximum Gasteiger partial charge on any atom is 0.104 e. The molecule has 0 spiro atoms. The molecule has 68 valence electrons. The predicted octanol–water partition coefficient (Wildman–Crippen LogP) is 1.29. The van der Waals surface area contributed by atoms with Crippen LogP contribution in [0.25, 0.3) is 0 Å². The van der Waals surface area contributed by atoms with Crippen LogP contribution in [0.3, 0.4) is 0 Å². The van der Waals surface area contributed by atoms with E-state index >= 15 is 0 Å². The van der Waals surface area contributed by atoms with E-state index in [-0.39, 0.29) is 13.2 Å². The van der Waals surface area contributed by atoms with Crippen LogP contribution in [0, 0.1) is 11.8 Å². The van der Waals surface area contributed by atoms with Gasteiger partial charge in [-0.15, -0.1) is 0 Å². The maximum atomic E-state index is 8.94. The van der Waals surface area contributed by atoms with Gasteiger partial charge in [-0.1, -0.05) is 27.8 Å². The van der Waals surface area contributed by atoms with Crippen molar-refractivity contribution in [3.05, 3.63) is 33.8 Å². The van der Waals surface area contributed by atoms with Gasteiger partial charge in [0.05, 0.1) is 6.61 Å². The fraction of sp³-hybridized carbons (Fsp3) is 0.200. The molecule has 2 N–H and O–H groups in total. The minimum Gasteiger partial charge on any atom is -0.392 e. The van der Waals surface area contributed by atoms with Crippen LogP contribution in [0.15, 0.2) is 22.7 Å². The van der Waals surface area contributed by atoms with Gasteiger partial charge in [-0.2, -0.15) is 0 Å². The van der Waals surface area contributed by atoms with Crippen LogP contribution in [-0.2, 0) is 6.61 Å². The Morgan fingerprint density at radius 3 is 2.69 bits per heavy atom. The molecule has 0 fully saturated rings. The summed E-state index contributed by atoms with van der Waals surface area (Å²) in [7, 11) is 0. The molecule has 0 aliphatic carbocycles. The fourth-order valence-corrected chi connectivity index (χ4v) is 1.29. The summed E-state index contributed by atoms with van der Waals surface area (Å²) in [4.78, 5) is 0. The summed E-state index contributed by atoms with van der Waals surface area (Å²) in [5.74, 6) is 5.31. The van der Waals surface area contributed by atoms with Gasteiger partial charge in [0, 0.05) is 10.0 Å². The average Bonchev–Trinajstić information content (AvgIpc) is 2.16. The van der Waals surface area contributed by atoms with Gasteiger partial charge >= 0.3 is 0 Å². The number of aliphatic hydroxyl groups is 2. The summed E-state index contributed by atoms with van der Waals surface area (Å²) in [6.45, 7) is -0.167. The minimum atomic E-state index is -0.148. The van der Waals surface area contributed by atoms with Crippen LogP contribution in [0.2, 0.25) is 0 Å². The lowest BCUT2D eigenvalue weighted by Crippen LogP contribution is -1.86. The van der Waals surface area contributed by atoms with E-state index in [1.807, 2.05) is 12.1 Å². The quantitative estimate of drug-likeness (QED) is 0.727. The first kappa shape index (κ1) is 10.3. The molecule has 0 heterocycles. The molecule has 3 heteroatoms. The highest BCUT2D eigenvalue weighted by Gasteiger charge is 1.97. The van der Waals surface area contributed by atoms with Crippen LogP contribution in [0.1, 0.15) is 11.1 Å². The second-order valence-electron chi connectivity index (χ2n) is 2.42. The summed E-state index contributed by atoms with van der Waals surface area (Å²) in [6.07, 6.45) is 0. The van der Waals surface area contributed by atoms with E-state index in [0.29, 0.717) is 0 Å². The smallest absolute Gasteiger partial charge is 0.104 e. The summed E-state index contributed by atoms with van der Waals surface area (Å²) in [5, 5.41) is 17.4. The second kappa shape index (κ2) is 5.03. The van der Waals surface area contributed by atoms with E-state index < -0.39 is 0 Å². The third-order valence-electron chi connectivity index (χ3n) is 1.53. The number of aliphatic hydroxyl groups excluding tert-OH is 2. The van der Waals surface area contributed by atoms with Gasteiger partial charge in [0.1, 0.15) is 6.61 Å². The molecule has 0 atom stereocenters. The Balaban J connectivity index is 2.99. The molecule has 1 aromatic carbocycles. The highest BCUT2D eigenvalue weighted by molar-refractivity contribution is 9.10. The van der Waals surface area contributed by atoms with Gasteiger partial charge in [0.2, 0.25) is 0 Å². The SMILES string of the molecule is OCC#Cc1ccc(Br)c(CO)c1. The summed E-state index contributed by atoms with van der Waals surface area (Å²) in [5.41, 5.74) is 1.59. The normalized spacial score (nSPS) is 9.15. The van der Waals surface area contributed by atoms with E-state index in [1.54, 1.807) is 6.07 Å². The van der Waals surface area contributed by atoms with Crippen molar-refractivity contribution in [3.8, 4) is 11.8 Å². The van der Waals surface area contributed by atoms with E-state index in [4.69, 9.17) is 10.2 Å². The van der Waals surface area contributed by atoms with Gasteiger partial charge < -0.3 is 10.2 Å². The molecule has 1 aromatic rings. The molecule has 0 amide bonds. The summed E-state index contributed by atoms with van der Waals surface area (Å²) >= 11 is 3.30. The first-order valence-corrected chi connectivity index (χ1v) is 4.56. The van der Waals surface area contributed by atoms with Crippen LogP contribution < -0.4 is 0 Å². The van der Waals surface area contributed by atoms with E-state index in [2.05, 4.69) is 27.8 Å². The lowest BCUT2D eigenvalue weighted by atomic mass is 10.1. The molecule has 0 radical (unpaired) electrons.